The van der Waals surface area contributed by atoms with Crippen LogP contribution in [0.1, 0.15) is 5.56 Å². The molecule has 0 saturated heterocycles. The standard InChI is InChI=1S/C24H20N6S/c1-17-5-4-6-18(15-17)21-16-24(30-23(28-21)12-14-26-30)27-19-8-10-20(11-9-19)31-29-22-7-2-3-13-25-22/h2-16,27H,1H3,(H,25,29). The van der Waals surface area contributed by atoms with Gasteiger partial charge in [0, 0.05) is 34.5 Å². The molecule has 5 aromatic rings. The minimum Gasteiger partial charge on any atom is -0.340 e. The summed E-state index contributed by atoms with van der Waals surface area (Å²) in [5.41, 5.74) is 4.97. The smallest absolute Gasteiger partial charge is 0.157 e. The fourth-order valence-corrected chi connectivity index (χ4v) is 3.86. The number of nitrogens with one attached hydrogen (secondary N) is 2. The lowest BCUT2D eigenvalue weighted by Crippen LogP contribution is -2.02. The Labute approximate surface area is 184 Å². The van der Waals surface area contributed by atoms with Crippen molar-refractivity contribution in [2.24, 2.45) is 0 Å². The maximum Gasteiger partial charge on any atom is 0.157 e. The van der Waals surface area contributed by atoms with Crippen LogP contribution in [0.25, 0.3) is 16.9 Å². The van der Waals surface area contributed by atoms with Gasteiger partial charge in [0.05, 0.1) is 11.9 Å². The first-order valence-electron chi connectivity index (χ1n) is 9.87. The number of pyridine rings is 1. The van der Waals surface area contributed by atoms with Crippen LogP contribution in [0.4, 0.5) is 17.3 Å². The van der Waals surface area contributed by atoms with E-state index in [1.165, 1.54) is 17.5 Å². The Morgan fingerprint density at radius 2 is 1.77 bits per heavy atom. The van der Waals surface area contributed by atoms with Crippen LogP contribution in [-0.2, 0) is 0 Å². The van der Waals surface area contributed by atoms with Gasteiger partial charge >= 0.3 is 0 Å². The molecule has 0 aliphatic carbocycles. The number of nitrogens with zero attached hydrogens (tertiary/aromatic N) is 4. The summed E-state index contributed by atoms with van der Waals surface area (Å²) in [6.45, 7) is 2.09. The number of hydrogen-bond donors (Lipinski definition) is 2. The largest absolute Gasteiger partial charge is 0.340 e. The van der Waals surface area contributed by atoms with Gasteiger partial charge < -0.3 is 10.0 Å². The molecular weight excluding hydrogens is 404 g/mol. The fraction of sp³-hybridized carbons (Fsp3) is 0.0417. The van der Waals surface area contributed by atoms with Gasteiger partial charge in [0.15, 0.2) is 5.65 Å². The molecule has 3 heterocycles. The lowest BCUT2D eigenvalue weighted by Gasteiger charge is -2.12. The summed E-state index contributed by atoms with van der Waals surface area (Å²) < 4.78 is 5.05. The summed E-state index contributed by atoms with van der Waals surface area (Å²) >= 11 is 1.53. The normalized spacial score (nSPS) is 10.9. The van der Waals surface area contributed by atoms with Crippen molar-refractivity contribution in [1.29, 1.82) is 0 Å². The number of fused-ring (bicyclic) bond motifs is 1. The first-order valence-corrected chi connectivity index (χ1v) is 10.7. The topological polar surface area (TPSA) is 67.1 Å². The van der Waals surface area contributed by atoms with Crippen molar-refractivity contribution >= 4 is 34.9 Å². The van der Waals surface area contributed by atoms with Crippen molar-refractivity contribution in [3.05, 3.63) is 96.8 Å². The zero-order valence-electron chi connectivity index (χ0n) is 16.9. The molecule has 0 amide bonds. The van der Waals surface area contributed by atoms with Crippen LogP contribution in [0.15, 0.2) is 96.2 Å². The summed E-state index contributed by atoms with van der Waals surface area (Å²) in [7, 11) is 0. The average Bonchev–Trinajstić information content (AvgIpc) is 3.28. The molecule has 0 spiro atoms. The zero-order valence-corrected chi connectivity index (χ0v) is 17.7. The molecule has 0 radical (unpaired) electrons. The lowest BCUT2D eigenvalue weighted by atomic mass is 10.1. The first-order chi connectivity index (χ1) is 15.2. The number of anilines is 3. The monoisotopic (exact) mass is 424 g/mol. The fourth-order valence-electron chi connectivity index (χ4n) is 3.24. The van der Waals surface area contributed by atoms with E-state index in [1.807, 2.05) is 47.0 Å². The quantitative estimate of drug-likeness (QED) is 0.328. The maximum absolute atomic E-state index is 4.76. The van der Waals surface area contributed by atoms with Gasteiger partial charge in [-0.25, -0.2) is 9.97 Å². The molecule has 31 heavy (non-hydrogen) atoms. The Hall–Kier alpha value is -3.84. The summed E-state index contributed by atoms with van der Waals surface area (Å²) in [5.74, 6) is 1.69. The van der Waals surface area contributed by atoms with Gasteiger partial charge in [-0.3, -0.25) is 0 Å². The van der Waals surface area contributed by atoms with Crippen molar-refractivity contribution in [3.8, 4) is 11.3 Å². The molecule has 0 bridgehead atoms. The predicted octanol–water partition coefficient (Wildman–Crippen LogP) is 5.96. The Balaban J connectivity index is 1.38. The van der Waals surface area contributed by atoms with Crippen molar-refractivity contribution < 1.29 is 0 Å². The van der Waals surface area contributed by atoms with Crippen LogP contribution in [-0.4, -0.2) is 19.6 Å². The number of aryl methyl sites for hydroxylation is 1. The van der Waals surface area contributed by atoms with Gasteiger partial charge in [-0.2, -0.15) is 9.61 Å². The number of rotatable bonds is 6. The Kier molecular flexibility index (Phi) is 5.24. The Bertz CT molecular complexity index is 1320. The van der Waals surface area contributed by atoms with E-state index in [0.717, 1.165) is 39.1 Å². The second-order valence-corrected chi connectivity index (χ2v) is 7.95. The van der Waals surface area contributed by atoms with E-state index >= 15 is 0 Å². The van der Waals surface area contributed by atoms with E-state index in [9.17, 15) is 0 Å². The second kappa shape index (κ2) is 8.49. The molecule has 0 saturated carbocycles. The molecule has 0 fully saturated rings. The van der Waals surface area contributed by atoms with Crippen molar-refractivity contribution in [3.63, 3.8) is 0 Å². The highest BCUT2D eigenvalue weighted by Gasteiger charge is 2.09. The van der Waals surface area contributed by atoms with Crippen molar-refractivity contribution in [1.82, 2.24) is 19.6 Å². The first kappa shape index (κ1) is 19.1. The van der Waals surface area contributed by atoms with E-state index in [4.69, 9.17) is 4.98 Å². The SMILES string of the molecule is Cc1cccc(-c2cc(Nc3ccc(SNc4ccccn4)cc3)n3nccc3n2)c1. The van der Waals surface area contributed by atoms with E-state index in [0.29, 0.717) is 0 Å². The third-order valence-electron chi connectivity index (χ3n) is 4.74. The molecule has 7 heteroatoms. The van der Waals surface area contributed by atoms with Gasteiger partial charge in [-0.15, -0.1) is 0 Å². The molecule has 0 unspecified atom stereocenters. The Morgan fingerprint density at radius 3 is 2.58 bits per heavy atom. The van der Waals surface area contributed by atoms with Crippen LogP contribution in [0.3, 0.4) is 0 Å². The number of hydrogen-bond acceptors (Lipinski definition) is 6. The minimum atomic E-state index is 0.799. The molecule has 6 nitrogen and oxygen atoms in total. The van der Waals surface area contributed by atoms with Gasteiger partial charge in [0.2, 0.25) is 0 Å². The van der Waals surface area contributed by atoms with Crippen LogP contribution in [0.2, 0.25) is 0 Å². The third kappa shape index (κ3) is 4.36. The number of benzene rings is 2. The molecule has 2 N–H and O–H groups in total. The highest BCUT2D eigenvalue weighted by Crippen LogP contribution is 2.27. The predicted molar refractivity (Wildman–Crippen MR) is 127 cm³/mol. The molecular formula is C24H20N6S. The maximum atomic E-state index is 4.76. The van der Waals surface area contributed by atoms with Crippen LogP contribution >= 0.6 is 11.9 Å². The van der Waals surface area contributed by atoms with E-state index in [1.54, 1.807) is 12.4 Å². The van der Waals surface area contributed by atoms with E-state index in [-0.39, 0.29) is 0 Å². The average molecular weight is 425 g/mol. The van der Waals surface area contributed by atoms with Gasteiger partial charge in [0.25, 0.3) is 0 Å². The van der Waals surface area contributed by atoms with Gasteiger partial charge in [-0.05, 0) is 61.3 Å². The molecule has 3 aromatic heterocycles. The number of aromatic nitrogens is 4. The van der Waals surface area contributed by atoms with Gasteiger partial charge in [0.1, 0.15) is 11.6 Å². The van der Waals surface area contributed by atoms with Crippen LogP contribution in [0, 0.1) is 6.92 Å². The highest BCUT2D eigenvalue weighted by molar-refractivity contribution is 8.00. The summed E-state index contributed by atoms with van der Waals surface area (Å²) in [5, 5.41) is 7.90. The summed E-state index contributed by atoms with van der Waals surface area (Å²) in [6, 6.07) is 26.3. The van der Waals surface area contributed by atoms with Crippen LogP contribution < -0.4 is 10.0 Å². The molecule has 0 aliphatic rings. The Morgan fingerprint density at radius 1 is 0.871 bits per heavy atom. The van der Waals surface area contributed by atoms with Crippen LogP contribution in [0.5, 0.6) is 0 Å². The molecule has 5 rings (SSSR count). The minimum absolute atomic E-state index is 0.799. The van der Waals surface area contributed by atoms with Crippen molar-refractivity contribution in [2.75, 3.05) is 10.0 Å². The summed E-state index contributed by atoms with van der Waals surface area (Å²) in [4.78, 5) is 10.1. The van der Waals surface area contributed by atoms with E-state index < -0.39 is 0 Å². The zero-order chi connectivity index (χ0) is 21.0. The van der Waals surface area contributed by atoms with Gasteiger partial charge in [-0.1, -0.05) is 29.8 Å². The molecule has 0 atom stereocenters. The lowest BCUT2D eigenvalue weighted by molar-refractivity contribution is 0.949. The van der Waals surface area contributed by atoms with Crippen molar-refractivity contribution in [2.45, 2.75) is 11.8 Å². The van der Waals surface area contributed by atoms with E-state index in [2.05, 4.69) is 63.4 Å². The molecule has 152 valence electrons. The summed E-state index contributed by atoms with van der Waals surface area (Å²) in [6.07, 6.45) is 3.53. The highest BCUT2D eigenvalue weighted by atomic mass is 32.2. The third-order valence-corrected chi connectivity index (χ3v) is 5.56. The molecule has 2 aromatic carbocycles. The second-order valence-electron chi connectivity index (χ2n) is 7.07. The molecule has 0 aliphatic heterocycles.